The van der Waals surface area contributed by atoms with E-state index in [1.807, 2.05) is 0 Å². The lowest BCUT2D eigenvalue weighted by Crippen LogP contribution is -2.09. The lowest BCUT2D eigenvalue weighted by Gasteiger charge is -2.11. The van der Waals surface area contributed by atoms with E-state index in [-0.39, 0.29) is 5.97 Å². The maximum absolute atomic E-state index is 11.0. The Labute approximate surface area is 65.3 Å². The maximum Gasteiger partial charge on any atom is 0.341 e. The summed E-state index contributed by atoms with van der Waals surface area (Å²) < 4.78 is 9.64. The molecule has 0 bridgehead atoms. The number of methoxy groups -OCH3 is 1. The molecule has 0 unspecified atom stereocenters. The Kier molecular flexibility index (Phi) is 2.31. The number of rotatable bonds is 1. The molecule has 0 fully saturated rings. The van der Waals surface area contributed by atoms with E-state index in [2.05, 4.69) is 4.74 Å². The Hall–Kier alpha value is -1.25. The average Bonchev–Trinajstić information content (AvgIpc) is 2.04. The molecule has 0 amide bonds. The van der Waals surface area contributed by atoms with Crippen molar-refractivity contribution in [3.63, 3.8) is 0 Å². The summed E-state index contributed by atoms with van der Waals surface area (Å²) in [5, 5.41) is 0. The molecule has 0 saturated carbocycles. The fourth-order valence-corrected chi connectivity index (χ4v) is 0.856. The molecule has 0 radical (unpaired) electrons. The summed E-state index contributed by atoms with van der Waals surface area (Å²) in [6.07, 6.45) is 3.49. The Morgan fingerprint density at radius 2 is 2.45 bits per heavy atom. The van der Waals surface area contributed by atoms with Crippen LogP contribution in [0.1, 0.15) is 6.92 Å². The van der Waals surface area contributed by atoms with Crippen molar-refractivity contribution >= 4 is 5.97 Å². The molecule has 1 heterocycles. The number of allylic oxidation sites excluding steroid dienone is 1. The summed E-state index contributed by atoms with van der Waals surface area (Å²) in [6, 6.07) is 0. The summed E-state index contributed by atoms with van der Waals surface area (Å²) in [4.78, 5) is 11.0. The third-order valence-electron chi connectivity index (χ3n) is 1.47. The van der Waals surface area contributed by atoms with Gasteiger partial charge in [0.25, 0.3) is 0 Å². The highest BCUT2D eigenvalue weighted by molar-refractivity contribution is 5.92. The Bertz CT molecular complexity index is 225. The van der Waals surface area contributed by atoms with E-state index in [4.69, 9.17) is 4.74 Å². The van der Waals surface area contributed by atoms with Crippen LogP contribution in [0.25, 0.3) is 0 Å². The second-order valence-electron chi connectivity index (χ2n) is 2.17. The largest absolute Gasteiger partial charge is 0.493 e. The van der Waals surface area contributed by atoms with Gasteiger partial charge in [-0.05, 0) is 19.1 Å². The van der Waals surface area contributed by atoms with Crippen molar-refractivity contribution in [3.8, 4) is 0 Å². The van der Waals surface area contributed by atoms with E-state index in [0.717, 1.165) is 0 Å². The highest BCUT2D eigenvalue weighted by atomic mass is 16.5. The molecule has 3 nitrogen and oxygen atoms in total. The van der Waals surface area contributed by atoms with Crippen LogP contribution in [-0.4, -0.2) is 19.7 Å². The minimum absolute atomic E-state index is 0.349. The van der Waals surface area contributed by atoms with Gasteiger partial charge in [0, 0.05) is 0 Å². The van der Waals surface area contributed by atoms with Crippen LogP contribution in [0.2, 0.25) is 0 Å². The van der Waals surface area contributed by atoms with E-state index < -0.39 is 0 Å². The Morgan fingerprint density at radius 3 is 3.00 bits per heavy atom. The normalized spacial score (nSPS) is 16.2. The maximum atomic E-state index is 11.0. The van der Waals surface area contributed by atoms with Crippen LogP contribution in [-0.2, 0) is 14.3 Å². The second-order valence-corrected chi connectivity index (χ2v) is 2.17. The predicted molar refractivity (Wildman–Crippen MR) is 39.8 cm³/mol. The third kappa shape index (κ3) is 1.61. The minimum atomic E-state index is -0.349. The molecule has 1 aliphatic heterocycles. The molecular formula is C8H10O3. The average molecular weight is 154 g/mol. The Morgan fingerprint density at radius 1 is 1.73 bits per heavy atom. The molecule has 0 spiro atoms. The summed E-state index contributed by atoms with van der Waals surface area (Å²) in [7, 11) is 1.35. The van der Waals surface area contributed by atoms with Crippen molar-refractivity contribution in [1.29, 1.82) is 0 Å². The van der Waals surface area contributed by atoms with Gasteiger partial charge in [0.05, 0.1) is 12.7 Å². The highest BCUT2D eigenvalue weighted by Crippen LogP contribution is 2.13. The van der Waals surface area contributed by atoms with Gasteiger partial charge in [0.2, 0.25) is 0 Å². The zero-order valence-corrected chi connectivity index (χ0v) is 6.59. The number of ether oxygens (including phenoxy) is 2. The Balaban J connectivity index is 2.83. The van der Waals surface area contributed by atoms with Gasteiger partial charge in [-0.3, -0.25) is 0 Å². The van der Waals surface area contributed by atoms with Crippen LogP contribution in [0.4, 0.5) is 0 Å². The summed E-state index contributed by atoms with van der Waals surface area (Å²) in [6.45, 7) is 2.28. The van der Waals surface area contributed by atoms with Crippen molar-refractivity contribution in [2.75, 3.05) is 13.7 Å². The van der Waals surface area contributed by atoms with Crippen LogP contribution < -0.4 is 0 Å². The zero-order valence-electron chi connectivity index (χ0n) is 6.59. The van der Waals surface area contributed by atoms with E-state index in [1.54, 1.807) is 19.1 Å². The highest BCUT2D eigenvalue weighted by Gasteiger charge is 2.13. The molecular weight excluding hydrogens is 144 g/mol. The number of hydrogen-bond acceptors (Lipinski definition) is 3. The fraction of sp³-hybridized carbons (Fsp3) is 0.375. The molecule has 60 valence electrons. The summed E-state index contributed by atoms with van der Waals surface area (Å²) >= 11 is 0. The standard InChI is InChI=1S/C8H10O3/c1-6-7(8(9)10-2)4-3-5-11-6/h3-4H,5H2,1-2H3. The monoisotopic (exact) mass is 154 g/mol. The molecule has 0 aromatic heterocycles. The first-order chi connectivity index (χ1) is 5.25. The van der Waals surface area contributed by atoms with E-state index >= 15 is 0 Å². The van der Waals surface area contributed by atoms with E-state index in [1.165, 1.54) is 7.11 Å². The van der Waals surface area contributed by atoms with Crippen molar-refractivity contribution in [2.24, 2.45) is 0 Å². The molecule has 0 aliphatic carbocycles. The SMILES string of the molecule is COC(=O)C1=C(C)OCC=C1. The first-order valence-electron chi connectivity index (χ1n) is 3.34. The zero-order chi connectivity index (χ0) is 8.27. The molecule has 0 atom stereocenters. The van der Waals surface area contributed by atoms with Gasteiger partial charge in [-0.2, -0.15) is 0 Å². The fourth-order valence-electron chi connectivity index (χ4n) is 0.856. The van der Waals surface area contributed by atoms with Crippen molar-refractivity contribution in [1.82, 2.24) is 0 Å². The number of hydrogen-bond donors (Lipinski definition) is 0. The molecule has 0 aromatic carbocycles. The van der Waals surface area contributed by atoms with Gasteiger partial charge in [-0.25, -0.2) is 4.79 Å². The minimum Gasteiger partial charge on any atom is -0.493 e. The first-order valence-corrected chi connectivity index (χ1v) is 3.34. The molecule has 0 N–H and O–H groups in total. The quantitative estimate of drug-likeness (QED) is 0.529. The van der Waals surface area contributed by atoms with Gasteiger partial charge in [0.15, 0.2) is 0 Å². The van der Waals surface area contributed by atoms with E-state index in [9.17, 15) is 4.79 Å². The van der Waals surface area contributed by atoms with Crippen LogP contribution in [0, 0.1) is 0 Å². The van der Waals surface area contributed by atoms with E-state index in [0.29, 0.717) is 17.9 Å². The van der Waals surface area contributed by atoms with Crippen molar-refractivity contribution in [2.45, 2.75) is 6.92 Å². The van der Waals surface area contributed by atoms with Crippen LogP contribution in [0.5, 0.6) is 0 Å². The van der Waals surface area contributed by atoms with Crippen LogP contribution in [0.15, 0.2) is 23.5 Å². The number of carbonyl (C=O) groups excluding carboxylic acids is 1. The van der Waals surface area contributed by atoms with Gasteiger partial charge in [-0.1, -0.05) is 0 Å². The van der Waals surface area contributed by atoms with Gasteiger partial charge in [0.1, 0.15) is 12.4 Å². The first kappa shape index (κ1) is 7.85. The molecule has 3 heteroatoms. The molecule has 1 aliphatic rings. The van der Waals surface area contributed by atoms with Crippen molar-refractivity contribution < 1.29 is 14.3 Å². The number of esters is 1. The smallest absolute Gasteiger partial charge is 0.341 e. The molecule has 11 heavy (non-hydrogen) atoms. The lowest BCUT2D eigenvalue weighted by molar-refractivity contribution is -0.136. The molecule has 0 saturated heterocycles. The van der Waals surface area contributed by atoms with Gasteiger partial charge in [-0.15, -0.1) is 0 Å². The predicted octanol–water partition coefficient (Wildman–Crippen LogP) is 1.02. The van der Waals surface area contributed by atoms with Crippen LogP contribution >= 0.6 is 0 Å². The van der Waals surface area contributed by atoms with Crippen molar-refractivity contribution in [3.05, 3.63) is 23.5 Å². The third-order valence-corrected chi connectivity index (χ3v) is 1.47. The molecule has 1 rings (SSSR count). The van der Waals surface area contributed by atoms with Crippen LogP contribution in [0.3, 0.4) is 0 Å². The summed E-state index contributed by atoms with van der Waals surface area (Å²) in [5.74, 6) is 0.276. The summed E-state index contributed by atoms with van der Waals surface area (Å²) in [5.41, 5.74) is 0.499. The second kappa shape index (κ2) is 3.23. The van der Waals surface area contributed by atoms with Gasteiger partial charge >= 0.3 is 5.97 Å². The molecule has 0 aromatic rings. The van der Waals surface area contributed by atoms with Gasteiger partial charge < -0.3 is 9.47 Å². The lowest BCUT2D eigenvalue weighted by atomic mass is 10.2. The topological polar surface area (TPSA) is 35.5 Å². The number of carbonyl (C=O) groups is 1.